The molecule has 2 rings (SSSR count). The highest BCUT2D eigenvalue weighted by atomic mass is 32.2. The largest absolute Gasteiger partial charge is 0.452 e. The molecule has 0 bridgehead atoms. The second kappa shape index (κ2) is 10.5. The molecule has 0 spiro atoms. The predicted octanol–water partition coefficient (Wildman–Crippen LogP) is 4.06. The molecule has 1 N–H and O–H groups in total. The van der Waals surface area contributed by atoms with Gasteiger partial charge in [-0.2, -0.15) is 10.5 Å². The molecular formula is C23H23N3O3S. The molecule has 6 nitrogen and oxygen atoms in total. The number of rotatable bonds is 8. The van der Waals surface area contributed by atoms with Crippen LogP contribution in [0.2, 0.25) is 0 Å². The van der Waals surface area contributed by atoms with Crippen LogP contribution in [-0.4, -0.2) is 24.0 Å². The lowest BCUT2D eigenvalue weighted by atomic mass is 9.90. The highest BCUT2D eigenvalue weighted by molar-refractivity contribution is 7.98. The van der Waals surface area contributed by atoms with Crippen LogP contribution in [-0.2, 0) is 15.3 Å². The van der Waals surface area contributed by atoms with E-state index in [9.17, 15) is 14.9 Å². The van der Waals surface area contributed by atoms with Gasteiger partial charge < -0.3 is 10.1 Å². The number of nitrogens with one attached hydrogen (secondary N) is 1. The van der Waals surface area contributed by atoms with Crippen molar-refractivity contribution < 1.29 is 14.3 Å². The summed E-state index contributed by atoms with van der Waals surface area (Å²) in [7, 11) is 0. The Kier molecular flexibility index (Phi) is 8.03. The minimum atomic E-state index is -1.03. The third-order valence-corrected chi connectivity index (χ3v) is 5.85. The molecular weight excluding hydrogens is 398 g/mol. The summed E-state index contributed by atoms with van der Waals surface area (Å²) in [5, 5.41) is 20.8. The number of amides is 1. The van der Waals surface area contributed by atoms with Crippen molar-refractivity contribution in [2.75, 3.05) is 6.61 Å². The van der Waals surface area contributed by atoms with E-state index in [2.05, 4.69) is 17.5 Å². The van der Waals surface area contributed by atoms with Crippen LogP contribution in [0, 0.1) is 28.6 Å². The fraction of sp³-hybridized carbons (Fsp3) is 0.304. The molecule has 0 aromatic heterocycles. The Balaban J connectivity index is 1.99. The SMILES string of the molecule is CC(C)[C@](C)(C#N)NC(=O)COC(=O)c1ccccc1SCc1ccc(C#N)cc1. The third-order valence-electron chi connectivity index (χ3n) is 4.70. The molecule has 0 heterocycles. The van der Waals surface area contributed by atoms with Crippen molar-refractivity contribution in [3.63, 3.8) is 0 Å². The number of ether oxygens (including phenoxy) is 1. The van der Waals surface area contributed by atoms with Gasteiger partial charge in [0.25, 0.3) is 5.91 Å². The second-order valence-corrected chi connectivity index (χ2v) is 8.20. The molecule has 2 aromatic carbocycles. The van der Waals surface area contributed by atoms with Crippen molar-refractivity contribution in [3.05, 3.63) is 65.2 Å². The van der Waals surface area contributed by atoms with Crippen LogP contribution in [0.4, 0.5) is 0 Å². The number of esters is 1. The molecule has 0 unspecified atom stereocenters. The van der Waals surface area contributed by atoms with E-state index in [0.717, 1.165) is 10.5 Å². The molecule has 0 fully saturated rings. The van der Waals surface area contributed by atoms with Crippen LogP contribution in [0.1, 0.15) is 42.3 Å². The van der Waals surface area contributed by atoms with Gasteiger partial charge in [-0.15, -0.1) is 11.8 Å². The Hall–Kier alpha value is -3.29. The summed E-state index contributed by atoms with van der Waals surface area (Å²) < 4.78 is 5.17. The molecule has 30 heavy (non-hydrogen) atoms. The predicted molar refractivity (Wildman–Crippen MR) is 114 cm³/mol. The summed E-state index contributed by atoms with van der Waals surface area (Å²) in [5.41, 5.74) is 0.955. The monoisotopic (exact) mass is 421 g/mol. The molecule has 0 saturated heterocycles. The maximum atomic E-state index is 12.5. The molecule has 2 aromatic rings. The average molecular weight is 422 g/mol. The third kappa shape index (κ3) is 6.10. The summed E-state index contributed by atoms with van der Waals surface area (Å²) in [4.78, 5) is 25.4. The Bertz CT molecular complexity index is 990. The van der Waals surface area contributed by atoms with E-state index in [0.29, 0.717) is 16.9 Å². The minimum absolute atomic E-state index is 0.0958. The van der Waals surface area contributed by atoms with Gasteiger partial charge in [-0.1, -0.05) is 38.1 Å². The smallest absolute Gasteiger partial charge is 0.339 e. The van der Waals surface area contributed by atoms with Gasteiger partial charge in [0.05, 0.1) is 23.3 Å². The highest BCUT2D eigenvalue weighted by Gasteiger charge is 2.30. The van der Waals surface area contributed by atoms with Gasteiger partial charge >= 0.3 is 5.97 Å². The Morgan fingerprint density at radius 3 is 2.40 bits per heavy atom. The van der Waals surface area contributed by atoms with Crippen LogP contribution in [0.5, 0.6) is 0 Å². The van der Waals surface area contributed by atoms with Gasteiger partial charge in [0.2, 0.25) is 0 Å². The van der Waals surface area contributed by atoms with Crippen molar-refractivity contribution in [3.8, 4) is 12.1 Å². The zero-order chi connectivity index (χ0) is 22.1. The maximum Gasteiger partial charge on any atom is 0.339 e. The number of nitriles is 2. The molecule has 7 heteroatoms. The van der Waals surface area contributed by atoms with Crippen molar-refractivity contribution in [1.29, 1.82) is 10.5 Å². The van der Waals surface area contributed by atoms with Gasteiger partial charge in [0.15, 0.2) is 6.61 Å². The van der Waals surface area contributed by atoms with E-state index in [-0.39, 0.29) is 5.92 Å². The number of thioether (sulfide) groups is 1. The van der Waals surface area contributed by atoms with Gasteiger partial charge in [-0.05, 0) is 42.7 Å². The molecule has 0 aliphatic carbocycles. The molecule has 1 atom stereocenters. The highest BCUT2D eigenvalue weighted by Crippen LogP contribution is 2.27. The molecule has 1 amide bonds. The maximum absolute atomic E-state index is 12.5. The number of hydrogen-bond donors (Lipinski definition) is 1. The van der Waals surface area contributed by atoms with Crippen molar-refractivity contribution in [2.45, 2.75) is 37.0 Å². The van der Waals surface area contributed by atoms with E-state index in [1.165, 1.54) is 11.8 Å². The Labute approximate surface area is 180 Å². The average Bonchev–Trinajstić information content (AvgIpc) is 2.76. The van der Waals surface area contributed by atoms with Crippen LogP contribution < -0.4 is 5.32 Å². The first kappa shape index (κ1) is 23.0. The lowest BCUT2D eigenvalue weighted by molar-refractivity contribution is -0.125. The van der Waals surface area contributed by atoms with Crippen LogP contribution >= 0.6 is 11.8 Å². The van der Waals surface area contributed by atoms with E-state index >= 15 is 0 Å². The number of carbonyl (C=O) groups is 2. The van der Waals surface area contributed by atoms with E-state index in [4.69, 9.17) is 10.00 Å². The fourth-order valence-electron chi connectivity index (χ4n) is 2.43. The number of benzene rings is 2. The standard InChI is InChI=1S/C23H23N3O3S/c1-16(2)23(3,15-25)26-21(27)13-29-22(28)19-6-4-5-7-20(19)30-14-18-10-8-17(12-24)9-11-18/h4-11,16H,13-14H2,1-3H3,(H,26,27)/t23-/m0/s1. The first-order valence-electron chi connectivity index (χ1n) is 9.39. The van der Waals surface area contributed by atoms with Crippen molar-refractivity contribution >= 4 is 23.6 Å². The number of carbonyl (C=O) groups excluding carboxylic acids is 2. The number of nitrogens with zero attached hydrogens (tertiary/aromatic N) is 2. The van der Waals surface area contributed by atoms with E-state index < -0.39 is 24.0 Å². The summed E-state index contributed by atoms with van der Waals surface area (Å²) in [6, 6.07) is 18.4. The zero-order valence-corrected chi connectivity index (χ0v) is 18.0. The Morgan fingerprint density at radius 1 is 1.13 bits per heavy atom. The minimum Gasteiger partial charge on any atom is -0.452 e. The quantitative estimate of drug-likeness (QED) is 0.509. The van der Waals surface area contributed by atoms with Crippen molar-refractivity contribution in [1.82, 2.24) is 5.32 Å². The summed E-state index contributed by atoms with van der Waals surface area (Å²) in [6.07, 6.45) is 0. The van der Waals surface area contributed by atoms with Crippen LogP contribution in [0.25, 0.3) is 0 Å². The van der Waals surface area contributed by atoms with Gasteiger partial charge in [-0.25, -0.2) is 4.79 Å². The van der Waals surface area contributed by atoms with Crippen LogP contribution in [0.3, 0.4) is 0 Å². The first-order valence-corrected chi connectivity index (χ1v) is 10.4. The molecule has 0 aliphatic heterocycles. The normalized spacial score (nSPS) is 12.3. The second-order valence-electron chi connectivity index (χ2n) is 7.19. The topological polar surface area (TPSA) is 103 Å². The lowest BCUT2D eigenvalue weighted by Gasteiger charge is -2.27. The summed E-state index contributed by atoms with van der Waals surface area (Å²) >= 11 is 1.47. The van der Waals surface area contributed by atoms with E-state index in [1.54, 1.807) is 31.2 Å². The van der Waals surface area contributed by atoms with Gasteiger partial charge in [0, 0.05) is 10.6 Å². The van der Waals surface area contributed by atoms with Gasteiger partial charge in [-0.3, -0.25) is 4.79 Å². The first-order chi connectivity index (χ1) is 14.3. The summed E-state index contributed by atoms with van der Waals surface area (Å²) in [6.45, 7) is 4.83. The molecule has 154 valence electrons. The molecule has 0 aliphatic rings. The van der Waals surface area contributed by atoms with E-state index in [1.807, 2.05) is 38.1 Å². The molecule has 0 radical (unpaired) electrons. The zero-order valence-electron chi connectivity index (χ0n) is 17.1. The molecule has 0 saturated carbocycles. The summed E-state index contributed by atoms with van der Waals surface area (Å²) in [5.74, 6) is -0.604. The number of hydrogen-bond acceptors (Lipinski definition) is 6. The van der Waals surface area contributed by atoms with Gasteiger partial charge in [0.1, 0.15) is 5.54 Å². The fourth-order valence-corrected chi connectivity index (χ4v) is 3.43. The Morgan fingerprint density at radius 2 is 1.80 bits per heavy atom. The van der Waals surface area contributed by atoms with Crippen LogP contribution in [0.15, 0.2) is 53.4 Å². The van der Waals surface area contributed by atoms with Crippen molar-refractivity contribution in [2.24, 2.45) is 5.92 Å². The lowest BCUT2D eigenvalue weighted by Crippen LogP contribution is -2.50.